The third kappa shape index (κ3) is 1.49. The van der Waals surface area contributed by atoms with Gasteiger partial charge in [0.25, 0.3) is 0 Å². The van der Waals surface area contributed by atoms with Gasteiger partial charge < -0.3 is 9.47 Å². The topological polar surface area (TPSA) is 35.5 Å². The van der Waals surface area contributed by atoms with Gasteiger partial charge in [0.2, 0.25) is 5.79 Å². The van der Waals surface area contributed by atoms with Crippen LogP contribution in [0.15, 0.2) is 12.7 Å². The summed E-state index contributed by atoms with van der Waals surface area (Å²) < 4.78 is 11.3. The largest absolute Gasteiger partial charge is 0.430 e. The number of rotatable bonds is 2. The van der Waals surface area contributed by atoms with Gasteiger partial charge in [0.15, 0.2) is 0 Å². The number of ether oxygens (including phenoxy) is 2. The van der Waals surface area contributed by atoms with Crippen molar-refractivity contribution in [3.05, 3.63) is 12.7 Å². The summed E-state index contributed by atoms with van der Waals surface area (Å²) in [5.41, 5.74) is 0. The lowest BCUT2D eigenvalue weighted by Crippen LogP contribution is -2.56. The molecule has 0 radical (unpaired) electrons. The van der Waals surface area contributed by atoms with Crippen molar-refractivity contribution in [2.75, 3.05) is 0 Å². The molecule has 3 heteroatoms. The highest BCUT2D eigenvalue weighted by Gasteiger charge is 2.54. The highest BCUT2D eigenvalue weighted by atomic mass is 16.7. The lowest BCUT2D eigenvalue weighted by Gasteiger charge is -2.55. The van der Waals surface area contributed by atoms with Crippen LogP contribution in [-0.2, 0) is 14.3 Å². The highest BCUT2D eigenvalue weighted by molar-refractivity contribution is 5.81. The Balaban J connectivity index is 1.80. The second-order valence-electron chi connectivity index (χ2n) is 5.12. The lowest BCUT2D eigenvalue weighted by molar-refractivity contribution is -0.320. The summed E-state index contributed by atoms with van der Waals surface area (Å²) >= 11 is 0. The molecule has 0 amide bonds. The van der Waals surface area contributed by atoms with Crippen molar-refractivity contribution in [2.24, 2.45) is 11.8 Å². The molecular formula is C12H16O3. The molecule has 2 atom stereocenters. The minimum absolute atomic E-state index is 0.328. The fourth-order valence-electron chi connectivity index (χ4n) is 3.63. The maximum absolute atomic E-state index is 11.3. The molecule has 4 fully saturated rings. The van der Waals surface area contributed by atoms with E-state index in [2.05, 4.69) is 6.58 Å². The van der Waals surface area contributed by atoms with E-state index in [-0.39, 0.29) is 5.97 Å². The Morgan fingerprint density at radius 2 is 2.00 bits per heavy atom. The third-order valence-corrected chi connectivity index (χ3v) is 3.89. The number of hydrogen-bond acceptors (Lipinski definition) is 3. The van der Waals surface area contributed by atoms with E-state index in [1.807, 2.05) is 0 Å². The Bertz CT molecular complexity index is 273. The van der Waals surface area contributed by atoms with E-state index in [0.717, 1.165) is 25.7 Å². The van der Waals surface area contributed by atoms with Gasteiger partial charge in [0.05, 0.1) is 6.10 Å². The molecule has 2 unspecified atom stereocenters. The first-order valence-electron chi connectivity index (χ1n) is 5.72. The summed E-state index contributed by atoms with van der Waals surface area (Å²) in [5.74, 6) is 0.458. The number of hydrogen-bond donors (Lipinski definition) is 0. The van der Waals surface area contributed by atoms with E-state index in [9.17, 15) is 4.79 Å². The van der Waals surface area contributed by atoms with E-state index in [0.29, 0.717) is 17.9 Å². The summed E-state index contributed by atoms with van der Waals surface area (Å²) in [6.07, 6.45) is 6.94. The quantitative estimate of drug-likeness (QED) is 0.514. The second-order valence-corrected chi connectivity index (χ2v) is 5.12. The molecule has 2 heterocycles. The summed E-state index contributed by atoms with van der Waals surface area (Å²) in [5, 5.41) is 0. The Kier molecular flexibility index (Phi) is 1.93. The van der Waals surface area contributed by atoms with Crippen molar-refractivity contribution in [3.63, 3.8) is 0 Å². The van der Waals surface area contributed by atoms with Crippen molar-refractivity contribution >= 4 is 5.97 Å². The van der Waals surface area contributed by atoms with Crippen LogP contribution in [0, 0.1) is 11.8 Å². The summed E-state index contributed by atoms with van der Waals surface area (Å²) in [6.45, 7) is 3.43. The molecule has 2 aliphatic carbocycles. The molecule has 2 saturated carbocycles. The average molecular weight is 208 g/mol. The molecule has 4 rings (SSSR count). The molecule has 0 aromatic rings. The normalized spacial score (nSPS) is 46.5. The molecule has 4 aliphatic rings. The maximum atomic E-state index is 11.3. The van der Waals surface area contributed by atoms with Gasteiger partial charge in [-0.15, -0.1) is 0 Å². The van der Waals surface area contributed by atoms with Gasteiger partial charge in [-0.3, -0.25) is 0 Å². The molecule has 3 nitrogen and oxygen atoms in total. The van der Waals surface area contributed by atoms with Crippen LogP contribution in [0.25, 0.3) is 0 Å². The first-order valence-corrected chi connectivity index (χ1v) is 5.72. The summed E-state index contributed by atoms with van der Waals surface area (Å²) in [6, 6.07) is 0. The van der Waals surface area contributed by atoms with Crippen LogP contribution in [0.4, 0.5) is 0 Å². The maximum Gasteiger partial charge on any atom is 0.332 e. The van der Waals surface area contributed by atoms with Gasteiger partial charge in [-0.2, -0.15) is 0 Å². The number of carbonyl (C=O) groups is 1. The summed E-state index contributed by atoms with van der Waals surface area (Å²) in [7, 11) is 0. The van der Waals surface area contributed by atoms with E-state index < -0.39 is 5.79 Å². The fourth-order valence-corrected chi connectivity index (χ4v) is 3.63. The molecule has 4 bridgehead atoms. The van der Waals surface area contributed by atoms with Crippen LogP contribution in [0.3, 0.4) is 0 Å². The molecule has 0 spiro atoms. The standard InChI is InChI=1S/C12H16O3/c1-2-11(13)15-12-6-8-3-9(7-12)5-10(4-8)14-12/h2,8-10H,1,3-7H2. The van der Waals surface area contributed by atoms with Gasteiger partial charge in [-0.05, 0) is 31.1 Å². The zero-order valence-corrected chi connectivity index (χ0v) is 8.78. The number of esters is 1. The Morgan fingerprint density at radius 3 is 2.53 bits per heavy atom. The Labute approximate surface area is 89.4 Å². The predicted molar refractivity (Wildman–Crippen MR) is 54.0 cm³/mol. The van der Waals surface area contributed by atoms with E-state index in [1.54, 1.807) is 0 Å². The molecule has 82 valence electrons. The highest BCUT2D eigenvalue weighted by Crippen LogP contribution is 2.53. The molecule has 0 aromatic heterocycles. The van der Waals surface area contributed by atoms with Gasteiger partial charge in [-0.1, -0.05) is 6.58 Å². The first kappa shape index (κ1) is 9.40. The van der Waals surface area contributed by atoms with Crippen LogP contribution >= 0.6 is 0 Å². The SMILES string of the molecule is C=CC(=O)OC12CC3CC(CC(C3)O1)C2. The van der Waals surface area contributed by atoms with Crippen molar-refractivity contribution < 1.29 is 14.3 Å². The molecule has 0 N–H and O–H groups in total. The molecule has 15 heavy (non-hydrogen) atoms. The first-order chi connectivity index (χ1) is 7.19. The van der Waals surface area contributed by atoms with Crippen molar-refractivity contribution in [1.29, 1.82) is 0 Å². The minimum Gasteiger partial charge on any atom is -0.430 e. The third-order valence-electron chi connectivity index (χ3n) is 3.89. The van der Waals surface area contributed by atoms with Crippen molar-refractivity contribution in [2.45, 2.75) is 44.0 Å². The van der Waals surface area contributed by atoms with Gasteiger partial charge in [0, 0.05) is 18.9 Å². The zero-order valence-electron chi connectivity index (χ0n) is 8.78. The van der Waals surface area contributed by atoms with Gasteiger partial charge in [0.1, 0.15) is 0 Å². The molecule has 2 aliphatic heterocycles. The van der Waals surface area contributed by atoms with Crippen LogP contribution in [0.1, 0.15) is 32.1 Å². The van der Waals surface area contributed by atoms with Crippen LogP contribution in [-0.4, -0.2) is 17.9 Å². The average Bonchev–Trinajstić information content (AvgIpc) is 2.14. The molecular weight excluding hydrogens is 192 g/mol. The summed E-state index contributed by atoms with van der Waals surface area (Å²) in [4.78, 5) is 11.3. The van der Waals surface area contributed by atoms with Crippen molar-refractivity contribution in [1.82, 2.24) is 0 Å². The van der Waals surface area contributed by atoms with Gasteiger partial charge >= 0.3 is 5.97 Å². The Hall–Kier alpha value is -0.830. The smallest absolute Gasteiger partial charge is 0.332 e. The Morgan fingerprint density at radius 1 is 1.33 bits per heavy atom. The van der Waals surface area contributed by atoms with Crippen LogP contribution in [0.2, 0.25) is 0 Å². The second kappa shape index (κ2) is 3.08. The van der Waals surface area contributed by atoms with Crippen molar-refractivity contribution in [3.8, 4) is 0 Å². The van der Waals surface area contributed by atoms with Crippen LogP contribution in [0.5, 0.6) is 0 Å². The monoisotopic (exact) mass is 208 g/mol. The lowest BCUT2D eigenvalue weighted by atomic mass is 9.66. The number of carbonyl (C=O) groups excluding carboxylic acids is 1. The molecule has 0 aromatic carbocycles. The molecule has 2 saturated heterocycles. The predicted octanol–water partition coefficient (Wildman–Crippen LogP) is 2.02. The van der Waals surface area contributed by atoms with E-state index >= 15 is 0 Å². The minimum atomic E-state index is -0.597. The van der Waals surface area contributed by atoms with Gasteiger partial charge in [-0.25, -0.2) is 4.79 Å². The van der Waals surface area contributed by atoms with E-state index in [1.165, 1.54) is 12.5 Å². The van der Waals surface area contributed by atoms with E-state index in [4.69, 9.17) is 9.47 Å². The fraction of sp³-hybridized carbons (Fsp3) is 0.750. The zero-order chi connectivity index (χ0) is 10.5. The van der Waals surface area contributed by atoms with Crippen LogP contribution < -0.4 is 0 Å².